The van der Waals surface area contributed by atoms with Crippen LogP contribution in [0.25, 0.3) is 0 Å². The van der Waals surface area contributed by atoms with Gasteiger partial charge < -0.3 is 15.8 Å². The minimum absolute atomic E-state index is 0.00879. The molecule has 104 valence electrons. The van der Waals surface area contributed by atoms with Gasteiger partial charge in [0, 0.05) is 6.54 Å². The van der Waals surface area contributed by atoms with Crippen LogP contribution in [-0.4, -0.2) is 37.2 Å². The van der Waals surface area contributed by atoms with Crippen LogP contribution in [0.4, 0.5) is 4.79 Å². The number of urea groups is 1. The van der Waals surface area contributed by atoms with Crippen LogP contribution in [0.15, 0.2) is 24.3 Å². The predicted molar refractivity (Wildman–Crippen MR) is 71.6 cm³/mol. The smallest absolute Gasteiger partial charge is 0.326 e. The number of aryl methyl sites for hydroxylation is 1. The molecule has 0 bridgehead atoms. The summed E-state index contributed by atoms with van der Waals surface area (Å²) < 4.78 is 5.33. The number of carbonyl (C=O) groups is 2. The van der Waals surface area contributed by atoms with Crippen molar-refractivity contribution in [2.75, 3.05) is 19.8 Å². The number of hydrogen-bond acceptors (Lipinski definition) is 4. The molecular weight excluding hydrogens is 246 g/mol. The number of benzene rings is 1. The highest BCUT2D eigenvalue weighted by molar-refractivity contribution is 5.84. The van der Waals surface area contributed by atoms with Crippen LogP contribution in [0.2, 0.25) is 0 Å². The van der Waals surface area contributed by atoms with Gasteiger partial charge in [0.25, 0.3) is 0 Å². The predicted octanol–water partition coefficient (Wildman–Crippen LogP) is 0.848. The van der Waals surface area contributed by atoms with Crippen LogP contribution in [0.3, 0.4) is 0 Å². The third-order valence-corrected chi connectivity index (χ3v) is 2.47. The van der Waals surface area contributed by atoms with Gasteiger partial charge in [0.15, 0.2) is 6.73 Å². The number of ether oxygens (including phenoxy) is 1. The zero-order valence-corrected chi connectivity index (χ0v) is 11.0. The van der Waals surface area contributed by atoms with Crippen molar-refractivity contribution in [2.24, 2.45) is 5.73 Å². The molecule has 3 amide bonds. The summed E-state index contributed by atoms with van der Waals surface area (Å²) in [6.07, 6.45) is 1.06. The Morgan fingerprint density at radius 3 is 2.68 bits per heavy atom. The standard InChI is InChI=1S/C13H19N3O3/c1-11-3-5-12(6-4-11)19-9-15-13(18)16(10-17)8-2-7-14/h3-6,10H,2,7-9,14H2,1H3,(H,15,18). The minimum Gasteiger partial charge on any atom is -0.473 e. The molecule has 0 aliphatic rings. The Kier molecular flexibility index (Phi) is 6.38. The Balaban J connectivity index is 2.33. The van der Waals surface area contributed by atoms with Crippen molar-refractivity contribution in [3.05, 3.63) is 29.8 Å². The van der Waals surface area contributed by atoms with Crippen molar-refractivity contribution in [3.8, 4) is 5.75 Å². The first-order chi connectivity index (χ1) is 9.17. The number of amides is 3. The zero-order valence-electron chi connectivity index (χ0n) is 11.0. The fourth-order valence-electron chi connectivity index (χ4n) is 1.38. The van der Waals surface area contributed by atoms with Gasteiger partial charge in [-0.05, 0) is 32.0 Å². The van der Waals surface area contributed by atoms with E-state index >= 15 is 0 Å². The second-order valence-electron chi connectivity index (χ2n) is 4.02. The third kappa shape index (κ3) is 5.39. The summed E-state index contributed by atoms with van der Waals surface area (Å²) in [6, 6.07) is 6.96. The monoisotopic (exact) mass is 265 g/mol. The number of nitrogens with zero attached hydrogens (tertiary/aromatic N) is 1. The van der Waals surface area contributed by atoms with Crippen LogP contribution in [-0.2, 0) is 4.79 Å². The molecular formula is C13H19N3O3. The lowest BCUT2D eigenvalue weighted by Crippen LogP contribution is -2.41. The Bertz CT molecular complexity index is 406. The Morgan fingerprint density at radius 2 is 2.11 bits per heavy atom. The van der Waals surface area contributed by atoms with Gasteiger partial charge in [0.1, 0.15) is 5.75 Å². The average molecular weight is 265 g/mol. The van der Waals surface area contributed by atoms with Crippen molar-refractivity contribution in [3.63, 3.8) is 0 Å². The van der Waals surface area contributed by atoms with Gasteiger partial charge in [-0.25, -0.2) is 4.79 Å². The lowest BCUT2D eigenvalue weighted by atomic mass is 10.2. The molecule has 0 atom stereocenters. The molecule has 0 saturated heterocycles. The van der Waals surface area contributed by atoms with E-state index in [1.807, 2.05) is 31.2 Å². The van der Waals surface area contributed by atoms with E-state index in [2.05, 4.69) is 5.32 Å². The number of carbonyl (C=O) groups excluding carboxylic acids is 2. The van der Waals surface area contributed by atoms with Gasteiger partial charge in [0.05, 0.1) is 0 Å². The van der Waals surface area contributed by atoms with Crippen molar-refractivity contribution in [1.29, 1.82) is 0 Å². The highest BCUT2D eigenvalue weighted by atomic mass is 16.5. The first-order valence-corrected chi connectivity index (χ1v) is 6.06. The summed E-state index contributed by atoms with van der Waals surface area (Å²) in [5.41, 5.74) is 6.45. The summed E-state index contributed by atoms with van der Waals surface area (Å²) in [6.45, 7) is 2.72. The van der Waals surface area contributed by atoms with E-state index in [0.717, 1.165) is 10.5 Å². The van der Waals surface area contributed by atoms with Crippen molar-refractivity contribution in [2.45, 2.75) is 13.3 Å². The van der Waals surface area contributed by atoms with Gasteiger partial charge >= 0.3 is 6.03 Å². The Hall–Kier alpha value is -2.08. The summed E-state index contributed by atoms with van der Waals surface area (Å²) in [7, 11) is 0. The Morgan fingerprint density at radius 1 is 1.42 bits per heavy atom. The van der Waals surface area contributed by atoms with E-state index in [4.69, 9.17) is 10.5 Å². The number of rotatable bonds is 7. The van der Waals surface area contributed by atoms with Crippen LogP contribution in [0.1, 0.15) is 12.0 Å². The summed E-state index contributed by atoms with van der Waals surface area (Å²) in [4.78, 5) is 23.3. The molecule has 0 heterocycles. The van der Waals surface area contributed by atoms with E-state index in [1.165, 1.54) is 0 Å². The molecule has 0 aliphatic heterocycles. The molecule has 0 saturated carbocycles. The first-order valence-electron chi connectivity index (χ1n) is 6.06. The summed E-state index contributed by atoms with van der Waals surface area (Å²) >= 11 is 0. The lowest BCUT2D eigenvalue weighted by Gasteiger charge is -2.16. The van der Waals surface area contributed by atoms with E-state index in [1.54, 1.807) is 0 Å². The number of hydrogen-bond donors (Lipinski definition) is 2. The second kappa shape index (κ2) is 8.10. The number of imide groups is 1. The number of nitrogens with two attached hydrogens (primary N) is 1. The van der Waals surface area contributed by atoms with Gasteiger partial charge in [-0.2, -0.15) is 0 Å². The van der Waals surface area contributed by atoms with E-state index < -0.39 is 6.03 Å². The quantitative estimate of drug-likeness (QED) is 0.565. The van der Waals surface area contributed by atoms with Gasteiger partial charge in [-0.1, -0.05) is 17.7 Å². The molecule has 19 heavy (non-hydrogen) atoms. The van der Waals surface area contributed by atoms with E-state index in [-0.39, 0.29) is 6.73 Å². The number of nitrogens with one attached hydrogen (secondary N) is 1. The molecule has 1 rings (SSSR count). The van der Waals surface area contributed by atoms with Crippen molar-refractivity contribution in [1.82, 2.24) is 10.2 Å². The molecule has 1 aromatic rings. The molecule has 0 aliphatic carbocycles. The highest BCUT2D eigenvalue weighted by Crippen LogP contribution is 2.10. The van der Waals surface area contributed by atoms with Crippen LogP contribution < -0.4 is 15.8 Å². The van der Waals surface area contributed by atoms with Crippen LogP contribution >= 0.6 is 0 Å². The molecule has 0 spiro atoms. The summed E-state index contributed by atoms with van der Waals surface area (Å²) in [5, 5.41) is 2.50. The van der Waals surface area contributed by atoms with Crippen molar-refractivity contribution >= 4 is 12.4 Å². The second-order valence-corrected chi connectivity index (χ2v) is 4.02. The molecule has 6 nitrogen and oxygen atoms in total. The molecule has 0 unspecified atom stereocenters. The van der Waals surface area contributed by atoms with Gasteiger partial charge in [0.2, 0.25) is 6.41 Å². The van der Waals surface area contributed by atoms with E-state index in [9.17, 15) is 9.59 Å². The normalized spacial score (nSPS) is 9.79. The highest BCUT2D eigenvalue weighted by Gasteiger charge is 2.10. The van der Waals surface area contributed by atoms with Crippen LogP contribution in [0.5, 0.6) is 5.75 Å². The molecule has 0 radical (unpaired) electrons. The zero-order chi connectivity index (χ0) is 14.1. The molecule has 0 fully saturated rings. The molecule has 3 N–H and O–H groups in total. The largest absolute Gasteiger partial charge is 0.473 e. The van der Waals surface area contributed by atoms with Gasteiger partial charge in [-0.15, -0.1) is 0 Å². The van der Waals surface area contributed by atoms with Crippen LogP contribution in [0, 0.1) is 6.92 Å². The van der Waals surface area contributed by atoms with Crippen molar-refractivity contribution < 1.29 is 14.3 Å². The first kappa shape index (κ1) is 15.0. The fourth-order valence-corrected chi connectivity index (χ4v) is 1.38. The minimum atomic E-state index is -0.490. The van der Waals surface area contributed by atoms with E-state index in [0.29, 0.717) is 31.7 Å². The summed E-state index contributed by atoms with van der Waals surface area (Å²) in [5.74, 6) is 0.658. The topological polar surface area (TPSA) is 84.7 Å². The third-order valence-electron chi connectivity index (χ3n) is 2.47. The molecule has 0 aromatic heterocycles. The molecule has 6 heteroatoms. The average Bonchev–Trinajstić information content (AvgIpc) is 2.42. The Labute approximate surface area is 112 Å². The maximum Gasteiger partial charge on any atom is 0.326 e. The fraction of sp³-hybridized carbons (Fsp3) is 0.385. The van der Waals surface area contributed by atoms with Gasteiger partial charge in [-0.3, -0.25) is 9.69 Å². The maximum absolute atomic E-state index is 11.6. The molecule has 1 aromatic carbocycles. The lowest BCUT2D eigenvalue weighted by molar-refractivity contribution is -0.115. The maximum atomic E-state index is 11.6. The SMILES string of the molecule is Cc1ccc(OCNC(=O)N(C=O)CCCN)cc1.